The van der Waals surface area contributed by atoms with Gasteiger partial charge in [-0.15, -0.1) is 0 Å². The highest BCUT2D eigenvalue weighted by Crippen LogP contribution is 2.31. The van der Waals surface area contributed by atoms with Crippen LogP contribution in [0.1, 0.15) is 17.5 Å². The fraction of sp³-hybridized carbons (Fsp3) is 0.227. The predicted octanol–water partition coefficient (Wildman–Crippen LogP) is 4.99. The van der Waals surface area contributed by atoms with E-state index in [2.05, 4.69) is 29.6 Å². The van der Waals surface area contributed by atoms with E-state index in [-0.39, 0.29) is 18.3 Å². The monoisotopic (exact) mass is 387 g/mol. The summed E-state index contributed by atoms with van der Waals surface area (Å²) in [5.41, 5.74) is 0.410. The van der Waals surface area contributed by atoms with Gasteiger partial charge < -0.3 is 10.1 Å². The zero-order valence-corrected chi connectivity index (χ0v) is 15.1. The molecule has 0 aliphatic carbocycles. The average molecular weight is 387 g/mol. The van der Waals surface area contributed by atoms with Crippen LogP contribution >= 0.6 is 0 Å². The highest BCUT2D eigenvalue weighted by atomic mass is 19.4. The molecule has 0 aromatic heterocycles. The molecule has 3 nitrogen and oxygen atoms in total. The number of amides is 1. The maximum absolute atomic E-state index is 12.7. The van der Waals surface area contributed by atoms with Crippen molar-refractivity contribution in [1.82, 2.24) is 5.32 Å². The lowest BCUT2D eigenvalue weighted by Gasteiger charge is -2.11. The van der Waals surface area contributed by atoms with Crippen LogP contribution in [0.2, 0.25) is 0 Å². The van der Waals surface area contributed by atoms with Gasteiger partial charge in [-0.05, 0) is 47.4 Å². The second-order valence-corrected chi connectivity index (χ2v) is 6.41. The van der Waals surface area contributed by atoms with Crippen molar-refractivity contribution in [3.05, 3.63) is 77.9 Å². The first-order valence-electron chi connectivity index (χ1n) is 8.97. The molecule has 0 atom stereocenters. The average Bonchev–Trinajstić information content (AvgIpc) is 2.69. The molecule has 0 saturated heterocycles. The van der Waals surface area contributed by atoms with Crippen LogP contribution < -0.4 is 10.1 Å². The number of nitrogens with one attached hydrogen (secondary N) is 1. The molecular weight excluding hydrogens is 367 g/mol. The molecule has 0 aliphatic heterocycles. The Balaban J connectivity index is 1.44. The summed E-state index contributed by atoms with van der Waals surface area (Å²) >= 11 is 0. The van der Waals surface area contributed by atoms with E-state index in [9.17, 15) is 18.0 Å². The molecule has 3 rings (SSSR count). The Morgan fingerprint density at radius 3 is 2.54 bits per heavy atom. The number of fused-ring (bicyclic) bond motifs is 1. The number of hydrogen-bond donors (Lipinski definition) is 1. The van der Waals surface area contributed by atoms with Gasteiger partial charge in [-0.1, -0.05) is 48.5 Å². The molecule has 1 N–H and O–H groups in total. The fourth-order valence-corrected chi connectivity index (χ4v) is 2.98. The lowest BCUT2D eigenvalue weighted by molar-refractivity contribution is -0.137. The Hall–Kier alpha value is -3.02. The number of halogens is 3. The zero-order chi connectivity index (χ0) is 20.0. The summed E-state index contributed by atoms with van der Waals surface area (Å²) in [5.74, 6) is -0.351. The van der Waals surface area contributed by atoms with Crippen LogP contribution in [0.4, 0.5) is 13.2 Å². The Labute approximate surface area is 161 Å². The van der Waals surface area contributed by atoms with Crippen molar-refractivity contribution in [2.45, 2.75) is 19.0 Å². The van der Waals surface area contributed by atoms with Gasteiger partial charge >= 0.3 is 6.18 Å². The van der Waals surface area contributed by atoms with Crippen LogP contribution in [0.15, 0.2) is 66.7 Å². The summed E-state index contributed by atoms with van der Waals surface area (Å²) < 4.78 is 43.2. The molecule has 0 unspecified atom stereocenters. The maximum Gasteiger partial charge on any atom is 0.416 e. The normalized spacial score (nSPS) is 11.4. The summed E-state index contributed by atoms with van der Waals surface area (Å²) in [6, 6.07) is 18.8. The Morgan fingerprint density at radius 1 is 0.964 bits per heavy atom. The van der Waals surface area contributed by atoms with Crippen molar-refractivity contribution < 1.29 is 22.7 Å². The van der Waals surface area contributed by atoms with E-state index in [4.69, 9.17) is 4.74 Å². The third-order valence-electron chi connectivity index (χ3n) is 4.36. The van der Waals surface area contributed by atoms with E-state index in [1.165, 1.54) is 28.5 Å². The SMILES string of the molecule is O=C(COc1cccc(C(F)(F)F)c1)NCCCc1cccc2ccccc12. The maximum atomic E-state index is 12.7. The quantitative estimate of drug-likeness (QED) is 0.580. The predicted molar refractivity (Wildman–Crippen MR) is 102 cm³/mol. The summed E-state index contributed by atoms with van der Waals surface area (Å²) in [6.45, 7) is 0.142. The molecule has 6 heteroatoms. The van der Waals surface area contributed by atoms with Gasteiger partial charge in [0.05, 0.1) is 5.56 Å². The molecule has 0 fully saturated rings. The van der Waals surface area contributed by atoms with Crippen molar-refractivity contribution >= 4 is 16.7 Å². The first-order valence-corrected chi connectivity index (χ1v) is 8.97. The minimum absolute atomic E-state index is 0.0146. The van der Waals surface area contributed by atoms with Crippen LogP contribution in [0.25, 0.3) is 10.8 Å². The third-order valence-corrected chi connectivity index (χ3v) is 4.36. The van der Waals surface area contributed by atoms with Gasteiger partial charge in [-0.2, -0.15) is 13.2 Å². The first-order chi connectivity index (χ1) is 13.4. The second kappa shape index (κ2) is 8.78. The third kappa shape index (κ3) is 5.25. The Kier molecular flexibility index (Phi) is 6.19. The van der Waals surface area contributed by atoms with E-state index in [0.717, 1.165) is 25.0 Å². The standard InChI is InChI=1S/C22H20F3NO2/c23-22(24,25)18-10-4-11-19(14-18)28-15-21(27)26-13-5-9-17-8-3-7-16-6-1-2-12-20(16)17/h1-4,6-8,10-12,14H,5,9,13,15H2,(H,26,27). The fourth-order valence-electron chi connectivity index (χ4n) is 2.98. The second-order valence-electron chi connectivity index (χ2n) is 6.41. The molecule has 0 saturated carbocycles. The Morgan fingerprint density at radius 2 is 1.71 bits per heavy atom. The highest BCUT2D eigenvalue weighted by molar-refractivity contribution is 5.85. The molecule has 0 bridgehead atoms. The molecule has 1 amide bonds. The van der Waals surface area contributed by atoms with Crippen molar-refractivity contribution in [2.75, 3.05) is 13.2 Å². The molecule has 0 radical (unpaired) electrons. The topological polar surface area (TPSA) is 38.3 Å². The number of ether oxygens (including phenoxy) is 1. The molecule has 3 aromatic rings. The smallest absolute Gasteiger partial charge is 0.416 e. The number of benzene rings is 3. The van der Waals surface area contributed by atoms with Crippen LogP contribution in [0.5, 0.6) is 5.75 Å². The largest absolute Gasteiger partial charge is 0.484 e. The van der Waals surface area contributed by atoms with Gasteiger partial charge in [0, 0.05) is 6.54 Å². The highest BCUT2D eigenvalue weighted by Gasteiger charge is 2.30. The van der Waals surface area contributed by atoms with E-state index in [0.29, 0.717) is 6.54 Å². The van der Waals surface area contributed by atoms with Gasteiger partial charge in [-0.25, -0.2) is 0 Å². The molecule has 3 aromatic carbocycles. The van der Waals surface area contributed by atoms with E-state index in [1.807, 2.05) is 18.2 Å². The summed E-state index contributed by atoms with van der Waals surface area (Å²) in [5, 5.41) is 5.11. The van der Waals surface area contributed by atoms with Crippen LogP contribution in [-0.2, 0) is 17.4 Å². The van der Waals surface area contributed by atoms with Crippen LogP contribution in [0, 0.1) is 0 Å². The Bertz CT molecular complexity index is 948. The first kappa shape index (κ1) is 19.7. The number of rotatable bonds is 7. The van der Waals surface area contributed by atoms with Gasteiger partial charge in [0.25, 0.3) is 5.91 Å². The minimum Gasteiger partial charge on any atom is -0.484 e. The number of aryl methyl sites for hydroxylation is 1. The van der Waals surface area contributed by atoms with Gasteiger partial charge in [0.2, 0.25) is 0 Å². The summed E-state index contributed by atoms with van der Waals surface area (Å²) in [6.07, 6.45) is -2.87. The number of alkyl halides is 3. The lowest BCUT2D eigenvalue weighted by Crippen LogP contribution is -2.30. The molecule has 0 spiro atoms. The molecule has 146 valence electrons. The minimum atomic E-state index is -4.44. The number of hydrogen-bond acceptors (Lipinski definition) is 2. The lowest BCUT2D eigenvalue weighted by atomic mass is 10.0. The molecule has 0 aliphatic rings. The van der Waals surface area contributed by atoms with Crippen LogP contribution in [-0.4, -0.2) is 19.1 Å². The zero-order valence-electron chi connectivity index (χ0n) is 15.1. The number of carbonyl (C=O) groups excluding carboxylic acids is 1. The van der Waals surface area contributed by atoms with E-state index in [1.54, 1.807) is 0 Å². The van der Waals surface area contributed by atoms with Gasteiger partial charge in [0.15, 0.2) is 6.61 Å². The van der Waals surface area contributed by atoms with Gasteiger partial charge in [-0.3, -0.25) is 4.79 Å². The number of carbonyl (C=O) groups is 1. The molecule has 28 heavy (non-hydrogen) atoms. The van der Waals surface area contributed by atoms with Crippen molar-refractivity contribution in [3.63, 3.8) is 0 Å². The molecular formula is C22H20F3NO2. The molecule has 0 heterocycles. The van der Waals surface area contributed by atoms with Gasteiger partial charge in [0.1, 0.15) is 5.75 Å². The van der Waals surface area contributed by atoms with E-state index >= 15 is 0 Å². The van der Waals surface area contributed by atoms with Crippen molar-refractivity contribution in [3.8, 4) is 5.75 Å². The van der Waals surface area contributed by atoms with Crippen LogP contribution in [0.3, 0.4) is 0 Å². The summed E-state index contributed by atoms with van der Waals surface area (Å²) in [4.78, 5) is 11.9. The van der Waals surface area contributed by atoms with E-state index < -0.39 is 11.7 Å². The van der Waals surface area contributed by atoms with Crippen molar-refractivity contribution in [2.24, 2.45) is 0 Å². The summed E-state index contributed by atoms with van der Waals surface area (Å²) in [7, 11) is 0. The van der Waals surface area contributed by atoms with Crippen molar-refractivity contribution in [1.29, 1.82) is 0 Å².